The van der Waals surface area contributed by atoms with Crippen LogP contribution in [-0.4, -0.2) is 40.3 Å². The second-order valence-corrected chi connectivity index (χ2v) is 7.47. The second kappa shape index (κ2) is 7.99. The molecule has 26 heavy (non-hydrogen) atoms. The first kappa shape index (κ1) is 17.2. The van der Waals surface area contributed by atoms with Crippen molar-refractivity contribution in [1.29, 1.82) is 0 Å². The van der Waals surface area contributed by atoms with Crippen LogP contribution in [0.1, 0.15) is 59.6 Å². The average Bonchev–Trinajstić information content (AvgIpc) is 3.33. The molecule has 1 aliphatic heterocycles. The Morgan fingerprint density at radius 3 is 2.81 bits per heavy atom. The third-order valence-corrected chi connectivity index (χ3v) is 5.69. The molecule has 2 fully saturated rings. The Morgan fingerprint density at radius 1 is 1.19 bits per heavy atom. The summed E-state index contributed by atoms with van der Waals surface area (Å²) < 4.78 is 5.65. The Morgan fingerprint density at radius 2 is 2.00 bits per heavy atom. The van der Waals surface area contributed by atoms with Crippen molar-refractivity contribution < 1.29 is 9.53 Å². The van der Waals surface area contributed by atoms with Crippen molar-refractivity contribution in [3.8, 4) is 0 Å². The molecule has 138 valence electrons. The minimum atomic E-state index is -0.0328. The maximum atomic E-state index is 12.9. The molecule has 2 N–H and O–H groups in total. The standard InChI is InChI=1S/C20H26N4O2/c25-20(17-11-22-24-19(17)15-4-2-1-3-5-15)23-18-13-26-12-16(18)10-14-6-8-21-9-7-14/h6-9,11,15-16,18H,1-5,10,12-13H2,(H,22,24)(H,23,25)/t16-,18-/m1/s1. The highest BCUT2D eigenvalue weighted by Gasteiger charge is 2.31. The summed E-state index contributed by atoms with van der Waals surface area (Å²) in [6, 6.07) is 4.08. The molecule has 6 heteroatoms. The number of aromatic amines is 1. The Balaban J connectivity index is 1.42. The molecule has 0 radical (unpaired) electrons. The normalized spacial score (nSPS) is 23.8. The number of H-pyrrole nitrogens is 1. The number of aromatic nitrogens is 3. The molecule has 1 saturated heterocycles. The molecule has 2 aromatic rings. The fourth-order valence-corrected chi connectivity index (χ4v) is 4.21. The van der Waals surface area contributed by atoms with Crippen LogP contribution in [0.25, 0.3) is 0 Å². The van der Waals surface area contributed by atoms with Gasteiger partial charge in [0.05, 0.1) is 36.7 Å². The Hall–Kier alpha value is -2.21. The van der Waals surface area contributed by atoms with Gasteiger partial charge in [0.2, 0.25) is 0 Å². The van der Waals surface area contributed by atoms with Crippen molar-refractivity contribution in [3.63, 3.8) is 0 Å². The number of ether oxygens (including phenoxy) is 1. The number of hydrogen-bond acceptors (Lipinski definition) is 4. The van der Waals surface area contributed by atoms with E-state index in [2.05, 4.69) is 20.5 Å². The molecule has 4 rings (SSSR count). The van der Waals surface area contributed by atoms with Crippen LogP contribution in [0.15, 0.2) is 30.7 Å². The highest BCUT2D eigenvalue weighted by atomic mass is 16.5. The van der Waals surface area contributed by atoms with Gasteiger partial charge in [-0.05, 0) is 37.0 Å². The summed E-state index contributed by atoms with van der Waals surface area (Å²) in [5, 5.41) is 10.4. The Labute approximate surface area is 153 Å². The van der Waals surface area contributed by atoms with E-state index in [1.54, 1.807) is 18.6 Å². The van der Waals surface area contributed by atoms with Crippen molar-refractivity contribution in [1.82, 2.24) is 20.5 Å². The number of nitrogens with one attached hydrogen (secondary N) is 2. The van der Waals surface area contributed by atoms with Gasteiger partial charge in [-0.1, -0.05) is 19.3 Å². The monoisotopic (exact) mass is 354 g/mol. The van der Waals surface area contributed by atoms with Gasteiger partial charge in [-0.3, -0.25) is 14.9 Å². The first-order chi connectivity index (χ1) is 12.8. The lowest BCUT2D eigenvalue weighted by molar-refractivity contribution is 0.0923. The Kier molecular flexibility index (Phi) is 5.29. The molecular weight excluding hydrogens is 328 g/mol. The summed E-state index contributed by atoms with van der Waals surface area (Å²) in [7, 11) is 0. The van der Waals surface area contributed by atoms with Gasteiger partial charge in [-0.15, -0.1) is 0 Å². The van der Waals surface area contributed by atoms with Gasteiger partial charge in [-0.2, -0.15) is 5.10 Å². The van der Waals surface area contributed by atoms with E-state index in [4.69, 9.17) is 4.74 Å². The summed E-state index contributed by atoms with van der Waals surface area (Å²) >= 11 is 0. The lowest BCUT2D eigenvalue weighted by Gasteiger charge is -2.22. The zero-order valence-corrected chi connectivity index (χ0v) is 15.0. The van der Waals surface area contributed by atoms with E-state index < -0.39 is 0 Å². The average molecular weight is 354 g/mol. The number of rotatable bonds is 5. The zero-order chi connectivity index (χ0) is 17.8. The molecule has 2 aliphatic rings. The SMILES string of the molecule is O=C(N[C@@H]1COC[C@H]1Cc1ccncc1)c1cn[nH]c1C1CCCCC1. The summed E-state index contributed by atoms with van der Waals surface area (Å²) in [4.78, 5) is 17.0. The lowest BCUT2D eigenvalue weighted by atomic mass is 9.85. The van der Waals surface area contributed by atoms with Crippen LogP contribution in [0.4, 0.5) is 0 Å². The minimum absolute atomic E-state index is 0.0322. The fraction of sp³-hybridized carbons (Fsp3) is 0.550. The molecule has 2 aromatic heterocycles. The fourth-order valence-electron chi connectivity index (χ4n) is 4.21. The molecule has 0 unspecified atom stereocenters. The highest BCUT2D eigenvalue weighted by molar-refractivity contribution is 5.95. The van der Waals surface area contributed by atoms with Crippen LogP contribution in [0.3, 0.4) is 0 Å². The highest BCUT2D eigenvalue weighted by Crippen LogP contribution is 2.33. The smallest absolute Gasteiger partial charge is 0.255 e. The minimum Gasteiger partial charge on any atom is -0.379 e. The number of carbonyl (C=O) groups is 1. The first-order valence-corrected chi connectivity index (χ1v) is 9.62. The summed E-state index contributed by atoms with van der Waals surface area (Å²) in [6.07, 6.45) is 12.2. The van der Waals surface area contributed by atoms with Crippen molar-refractivity contribution in [2.24, 2.45) is 5.92 Å². The number of pyridine rings is 1. The largest absolute Gasteiger partial charge is 0.379 e. The van der Waals surface area contributed by atoms with E-state index >= 15 is 0 Å². The topological polar surface area (TPSA) is 79.9 Å². The number of carbonyl (C=O) groups excluding carboxylic acids is 1. The molecule has 1 amide bonds. The Bertz CT molecular complexity index is 724. The number of hydrogen-bond donors (Lipinski definition) is 2. The van der Waals surface area contributed by atoms with Crippen molar-refractivity contribution in [2.45, 2.75) is 50.5 Å². The van der Waals surface area contributed by atoms with Gasteiger partial charge in [-0.25, -0.2) is 0 Å². The molecule has 1 saturated carbocycles. The van der Waals surface area contributed by atoms with E-state index in [1.165, 1.54) is 24.8 Å². The predicted octanol–water partition coefficient (Wildman–Crippen LogP) is 2.84. The van der Waals surface area contributed by atoms with Crippen LogP contribution in [-0.2, 0) is 11.2 Å². The van der Waals surface area contributed by atoms with E-state index in [0.717, 1.165) is 25.0 Å². The maximum absolute atomic E-state index is 12.9. The van der Waals surface area contributed by atoms with E-state index in [1.807, 2.05) is 12.1 Å². The van der Waals surface area contributed by atoms with E-state index in [9.17, 15) is 4.79 Å². The molecular formula is C20H26N4O2. The number of amides is 1. The third-order valence-electron chi connectivity index (χ3n) is 5.69. The van der Waals surface area contributed by atoms with Crippen LogP contribution in [0.5, 0.6) is 0 Å². The van der Waals surface area contributed by atoms with Gasteiger partial charge < -0.3 is 10.1 Å². The first-order valence-electron chi connectivity index (χ1n) is 9.62. The quantitative estimate of drug-likeness (QED) is 0.865. The summed E-state index contributed by atoms with van der Waals surface area (Å²) in [5.74, 6) is 0.681. The van der Waals surface area contributed by atoms with Gasteiger partial charge in [0.25, 0.3) is 5.91 Å². The molecule has 1 aliphatic carbocycles. The lowest BCUT2D eigenvalue weighted by Crippen LogP contribution is -2.41. The van der Waals surface area contributed by atoms with E-state index in [-0.39, 0.29) is 17.9 Å². The van der Waals surface area contributed by atoms with Gasteiger partial charge in [0.1, 0.15) is 0 Å². The number of nitrogens with zero attached hydrogens (tertiary/aromatic N) is 2. The molecule has 0 aromatic carbocycles. The maximum Gasteiger partial charge on any atom is 0.255 e. The van der Waals surface area contributed by atoms with Crippen molar-refractivity contribution >= 4 is 5.91 Å². The second-order valence-electron chi connectivity index (χ2n) is 7.47. The zero-order valence-electron chi connectivity index (χ0n) is 15.0. The molecule has 3 heterocycles. The van der Waals surface area contributed by atoms with Crippen LogP contribution in [0.2, 0.25) is 0 Å². The van der Waals surface area contributed by atoms with Gasteiger partial charge in [0.15, 0.2) is 0 Å². The van der Waals surface area contributed by atoms with Crippen LogP contribution < -0.4 is 5.32 Å². The van der Waals surface area contributed by atoms with Crippen LogP contribution >= 0.6 is 0 Å². The van der Waals surface area contributed by atoms with Crippen molar-refractivity contribution in [3.05, 3.63) is 47.5 Å². The molecule has 6 nitrogen and oxygen atoms in total. The molecule has 0 bridgehead atoms. The molecule has 0 spiro atoms. The predicted molar refractivity (Wildman–Crippen MR) is 97.9 cm³/mol. The third kappa shape index (κ3) is 3.80. The summed E-state index contributed by atoms with van der Waals surface area (Å²) in [6.45, 7) is 1.24. The van der Waals surface area contributed by atoms with Crippen molar-refractivity contribution in [2.75, 3.05) is 13.2 Å². The molecule has 2 atom stereocenters. The van der Waals surface area contributed by atoms with Gasteiger partial charge >= 0.3 is 0 Å². The summed E-state index contributed by atoms with van der Waals surface area (Å²) in [5.41, 5.74) is 2.93. The van der Waals surface area contributed by atoms with E-state index in [0.29, 0.717) is 24.7 Å². The van der Waals surface area contributed by atoms with Crippen LogP contribution in [0, 0.1) is 5.92 Å². The van der Waals surface area contributed by atoms with Gasteiger partial charge in [0, 0.05) is 24.2 Å².